The van der Waals surface area contributed by atoms with Crippen LogP contribution in [0.4, 0.5) is 5.69 Å². The molecule has 0 radical (unpaired) electrons. The van der Waals surface area contributed by atoms with E-state index in [2.05, 4.69) is 5.32 Å². The number of hydrogen-bond donors (Lipinski definition) is 3. The first kappa shape index (κ1) is 16.0. The van der Waals surface area contributed by atoms with E-state index in [1.54, 1.807) is 6.07 Å². The number of nitrogens with one attached hydrogen (secondary N) is 1. The number of amides is 1. The number of carbonyl (C=O) groups excluding carboxylic acids is 1. The summed E-state index contributed by atoms with van der Waals surface area (Å²) < 4.78 is 4.82. The van der Waals surface area contributed by atoms with Gasteiger partial charge in [-0.1, -0.05) is 18.2 Å². The molecule has 0 aliphatic heterocycles. The Kier molecular flexibility index (Phi) is 6.52. The number of anilines is 1. The average molecular weight is 280 g/mol. The van der Waals surface area contributed by atoms with Gasteiger partial charge in [-0.2, -0.15) is 0 Å². The highest BCUT2D eigenvalue weighted by Crippen LogP contribution is 2.12. The van der Waals surface area contributed by atoms with Crippen LogP contribution < -0.4 is 11.1 Å². The van der Waals surface area contributed by atoms with Gasteiger partial charge in [0.05, 0.1) is 0 Å². The minimum Gasteiger partial charge on any atom is -0.480 e. The van der Waals surface area contributed by atoms with Crippen LogP contribution in [0.3, 0.4) is 0 Å². The third-order valence-corrected chi connectivity index (χ3v) is 2.92. The molecule has 0 saturated carbocycles. The normalized spacial score (nSPS) is 11.8. The number of carbonyl (C=O) groups is 2. The molecule has 0 heterocycles. The molecule has 20 heavy (non-hydrogen) atoms. The van der Waals surface area contributed by atoms with Crippen LogP contribution in [-0.2, 0) is 20.7 Å². The molecule has 6 heteroatoms. The molecule has 6 nitrogen and oxygen atoms in total. The zero-order chi connectivity index (χ0) is 15.0. The molecule has 1 unspecified atom stereocenters. The van der Waals surface area contributed by atoms with E-state index in [0.717, 1.165) is 5.56 Å². The van der Waals surface area contributed by atoms with Crippen LogP contribution in [-0.4, -0.2) is 36.7 Å². The van der Waals surface area contributed by atoms with E-state index in [9.17, 15) is 9.59 Å². The maximum absolute atomic E-state index is 11.7. The summed E-state index contributed by atoms with van der Waals surface area (Å²) >= 11 is 0. The van der Waals surface area contributed by atoms with Gasteiger partial charge in [0.2, 0.25) is 5.91 Å². The fourth-order valence-electron chi connectivity index (χ4n) is 1.77. The van der Waals surface area contributed by atoms with E-state index in [1.807, 2.05) is 18.2 Å². The minimum absolute atomic E-state index is 0.199. The van der Waals surface area contributed by atoms with Crippen LogP contribution in [0.1, 0.15) is 18.4 Å². The van der Waals surface area contributed by atoms with Gasteiger partial charge < -0.3 is 20.9 Å². The second-order valence-electron chi connectivity index (χ2n) is 4.44. The lowest BCUT2D eigenvalue weighted by Crippen LogP contribution is -2.41. The molecule has 1 atom stereocenters. The Morgan fingerprint density at radius 3 is 2.70 bits per heavy atom. The Balaban J connectivity index is 2.46. The summed E-state index contributed by atoms with van der Waals surface area (Å²) in [4.78, 5) is 22.7. The van der Waals surface area contributed by atoms with Crippen molar-refractivity contribution in [1.29, 1.82) is 0 Å². The number of methoxy groups -OCH3 is 1. The third kappa shape index (κ3) is 5.27. The van der Waals surface area contributed by atoms with Gasteiger partial charge >= 0.3 is 5.97 Å². The smallest absolute Gasteiger partial charge is 0.326 e. The van der Waals surface area contributed by atoms with Crippen LogP contribution >= 0.6 is 0 Å². The maximum atomic E-state index is 11.7. The Labute approximate surface area is 117 Å². The van der Waals surface area contributed by atoms with Crippen LogP contribution in [0.25, 0.3) is 0 Å². The number of ether oxygens (including phenoxy) is 1. The Morgan fingerprint density at radius 1 is 1.40 bits per heavy atom. The first-order valence-electron chi connectivity index (χ1n) is 6.39. The number of carboxylic acid groups (broad SMARTS) is 1. The van der Waals surface area contributed by atoms with Crippen molar-refractivity contribution in [1.82, 2.24) is 5.32 Å². The van der Waals surface area contributed by atoms with Crippen molar-refractivity contribution >= 4 is 17.6 Å². The molecule has 1 aromatic carbocycles. The van der Waals surface area contributed by atoms with Gasteiger partial charge in [-0.05, 0) is 18.1 Å². The number of rotatable bonds is 8. The summed E-state index contributed by atoms with van der Waals surface area (Å²) in [6, 6.07) is 6.37. The summed E-state index contributed by atoms with van der Waals surface area (Å²) in [5, 5.41) is 11.5. The number of benzene rings is 1. The van der Waals surface area contributed by atoms with Crippen molar-refractivity contribution in [3.8, 4) is 0 Å². The molecule has 0 bridgehead atoms. The number of nitrogens with two attached hydrogens (primary N) is 1. The lowest BCUT2D eigenvalue weighted by atomic mass is 10.1. The lowest BCUT2D eigenvalue weighted by Gasteiger charge is -2.14. The molecule has 1 aromatic rings. The zero-order valence-corrected chi connectivity index (χ0v) is 11.5. The van der Waals surface area contributed by atoms with Crippen LogP contribution in [0.15, 0.2) is 24.3 Å². The van der Waals surface area contributed by atoms with Gasteiger partial charge in [0, 0.05) is 32.2 Å². The number of para-hydroxylation sites is 1. The summed E-state index contributed by atoms with van der Waals surface area (Å²) in [6.07, 6.45) is 0.922. The van der Waals surface area contributed by atoms with E-state index in [4.69, 9.17) is 15.6 Å². The first-order valence-corrected chi connectivity index (χ1v) is 6.39. The number of hydrogen-bond acceptors (Lipinski definition) is 4. The van der Waals surface area contributed by atoms with E-state index in [-0.39, 0.29) is 25.4 Å². The fourth-order valence-corrected chi connectivity index (χ4v) is 1.77. The quantitative estimate of drug-likeness (QED) is 0.612. The predicted octanol–water partition coefficient (Wildman–Crippen LogP) is 0.807. The maximum Gasteiger partial charge on any atom is 0.326 e. The molecule has 0 fully saturated rings. The van der Waals surface area contributed by atoms with Crippen molar-refractivity contribution < 1.29 is 19.4 Å². The van der Waals surface area contributed by atoms with Crippen molar-refractivity contribution in [3.05, 3.63) is 29.8 Å². The molecular weight excluding hydrogens is 260 g/mol. The molecule has 110 valence electrons. The highest BCUT2D eigenvalue weighted by molar-refractivity contribution is 5.83. The largest absolute Gasteiger partial charge is 0.480 e. The molecule has 1 rings (SSSR count). The second-order valence-corrected chi connectivity index (χ2v) is 4.44. The average Bonchev–Trinajstić information content (AvgIpc) is 2.42. The van der Waals surface area contributed by atoms with E-state index in [1.165, 1.54) is 7.11 Å². The molecule has 0 saturated heterocycles. The zero-order valence-electron chi connectivity index (χ0n) is 11.5. The molecular formula is C14H20N2O4. The van der Waals surface area contributed by atoms with Gasteiger partial charge in [-0.3, -0.25) is 4.79 Å². The Bertz CT molecular complexity index is 462. The van der Waals surface area contributed by atoms with Gasteiger partial charge in [-0.15, -0.1) is 0 Å². The van der Waals surface area contributed by atoms with E-state index in [0.29, 0.717) is 12.1 Å². The Hall–Kier alpha value is -2.08. The number of aliphatic carboxylic acids is 1. The molecule has 1 amide bonds. The van der Waals surface area contributed by atoms with E-state index < -0.39 is 12.0 Å². The van der Waals surface area contributed by atoms with Gasteiger partial charge in [0.25, 0.3) is 0 Å². The predicted molar refractivity (Wildman–Crippen MR) is 75.2 cm³/mol. The topological polar surface area (TPSA) is 102 Å². The summed E-state index contributed by atoms with van der Waals surface area (Å²) in [5.41, 5.74) is 7.29. The highest BCUT2D eigenvalue weighted by atomic mass is 16.5. The van der Waals surface area contributed by atoms with Gasteiger partial charge in [-0.25, -0.2) is 4.79 Å². The van der Waals surface area contributed by atoms with Gasteiger partial charge in [0.15, 0.2) is 0 Å². The summed E-state index contributed by atoms with van der Waals surface area (Å²) in [6.45, 7) is 0.281. The SMILES string of the molecule is COCCC(NC(=O)CCc1ccccc1N)C(=O)O. The van der Waals surface area contributed by atoms with Crippen molar-refractivity contribution in [2.45, 2.75) is 25.3 Å². The minimum atomic E-state index is -1.06. The van der Waals surface area contributed by atoms with Crippen LogP contribution in [0.2, 0.25) is 0 Å². The lowest BCUT2D eigenvalue weighted by molar-refractivity contribution is -0.142. The standard InChI is InChI=1S/C14H20N2O4/c1-20-9-8-12(14(18)19)16-13(17)7-6-10-4-2-3-5-11(10)15/h2-5,12H,6-9,15H2,1H3,(H,16,17)(H,18,19). The highest BCUT2D eigenvalue weighted by Gasteiger charge is 2.19. The second kappa shape index (κ2) is 8.16. The monoisotopic (exact) mass is 280 g/mol. The van der Waals surface area contributed by atoms with Crippen molar-refractivity contribution in [2.75, 3.05) is 19.5 Å². The summed E-state index contributed by atoms with van der Waals surface area (Å²) in [7, 11) is 1.49. The van der Waals surface area contributed by atoms with Gasteiger partial charge in [0.1, 0.15) is 6.04 Å². The number of aryl methyl sites for hydroxylation is 1. The fraction of sp³-hybridized carbons (Fsp3) is 0.429. The Morgan fingerprint density at radius 2 is 2.10 bits per heavy atom. The molecule has 0 spiro atoms. The summed E-state index contributed by atoms with van der Waals surface area (Å²) in [5.74, 6) is -1.37. The third-order valence-electron chi connectivity index (χ3n) is 2.92. The number of nitrogen functional groups attached to an aromatic ring is 1. The molecule has 0 aliphatic carbocycles. The molecule has 0 aromatic heterocycles. The van der Waals surface area contributed by atoms with Crippen LogP contribution in [0, 0.1) is 0 Å². The molecule has 0 aliphatic rings. The van der Waals surface area contributed by atoms with Crippen LogP contribution in [0.5, 0.6) is 0 Å². The van der Waals surface area contributed by atoms with Crippen molar-refractivity contribution in [3.63, 3.8) is 0 Å². The van der Waals surface area contributed by atoms with Crippen molar-refractivity contribution in [2.24, 2.45) is 0 Å². The number of carboxylic acids is 1. The van der Waals surface area contributed by atoms with E-state index >= 15 is 0 Å². The molecule has 4 N–H and O–H groups in total. The first-order chi connectivity index (χ1) is 9.54.